The number of thiol groups is 1. The number of halogens is 2. The van der Waals surface area contributed by atoms with Gasteiger partial charge in [0.25, 0.3) is 11.1 Å². The fourth-order valence-corrected chi connectivity index (χ4v) is 4.83. The lowest BCUT2D eigenvalue weighted by atomic mass is 9.97. The summed E-state index contributed by atoms with van der Waals surface area (Å²) in [5.74, 6) is -1.30. The van der Waals surface area contributed by atoms with E-state index in [4.69, 9.17) is 16.2 Å². The smallest absolute Gasteiger partial charge is 0.276 e. The van der Waals surface area contributed by atoms with Crippen LogP contribution in [-0.4, -0.2) is 52.7 Å². The van der Waals surface area contributed by atoms with Crippen molar-refractivity contribution < 1.29 is 23.1 Å². The molecule has 0 aliphatic carbocycles. The first kappa shape index (κ1) is 29.2. The number of ether oxygens (including phenoxy) is 1. The first-order chi connectivity index (χ1) is 17.4. The molecule has 2 heterocycles. The van der Waals surface area contributed by atoms with E-state index in [2.05, 4.69) is 17.9 Å². The van der Waals surface area contributed by atoms with Crippen molar-refractivity contribution in [3.8, 4) is 0 Å². The van der Waals surface area contributed by atoms with E-state index >= 15 is 8.78 Å². The number of nitrogens with two attached hydrogens (primary N) is 2. The lowest BCUT2D eigenvalue weighted by Crippen LogP contribution is -2.49. The van der Waals surface area contributed by atoms with Gasteiger partial charge >= 0.3 is 0 Å². The van der Waals surface area contributed by atoms with E-state index in [1.807, 2.05) is 13.8 Å². The van der Waals surface area contributed by atoms with Crippen LogP contribution in [0.15, 0.2) is 41.8 Å². The highest BCUT2D eigenvalue weighted by molar-refractivity contribution is 8.00. The second-order valence-electron chi connectivity index (χ2n) is 9.06. The number of hydrogen-bond donors (Lipinski definition) is 4. The zero-order valence-electron chi connectivity index (χ0n) is 21.1. The Morgan fingerprint density at radius 3 is 2.43 bits per heavy atom. The van der Waals surface area contributed by atoms with Crippen molar-refractivity contribution in [3.63, 3.8) is 0 Å². The number of amides is 2. The van der Waals surface area contributed by atoms with Gasteiger partial charge in [-0.3, -0.25) is 21.1 Å². The van der Waals surface area contributed by atoms with Gasteiger partial charge in [0.15, 0.2) is 0 Å². The summed E-state index contributed by atoms with van der Waals surface area (Å²) in [6.07, 6.45) is 5.46. The van der Waals surface area contributed by atoms with E-state index in [-0.39, 0.29) is 31.0 Å². The van der Waals surface area contributed by atoms with E-state index in [1.54, 1.807) is 35.2 Å². The van der Waals surface area contributed by atoms with Crippen molar-refractivity contribution in [2.75, 3.05) is 30.3 Å². The van der Waals surface area contributed by atoms with Gasteiger partial charge in [-0.05, 0) is 50.0 Å². The number of carbonyl (C=O) groups is 2. The maximum absolute atomic E-state index is 15.3. The molecule has 0 radical (unpaired) electrons. The largest absolute Gasteiger partial charge is 0.343 e. The number of nitrogens with zero attached hydrogens (tertiary/aromatic N) is 2. The number of carbonyl (C=O) groups excluding carboxylic acids is 2. The lowest BCUT2D eigenvalue weighted by molar-refractivity contribution is -0.145. The van der Waals surface area contributed by atoms with Gasteiger partial charge in [0.1, 0.15) is 17.7 Å². The van der Waals surface area contributed by atoms with Crippen LogP contribution in [0, 0.1) is 11.6 Å². The van der Waals surface area contributed by atoms with Crippen LogP contribution in [0.1, 0.15) is 39.2 Å². The highest BCUT2D eigenvalue weighted by atomic mass is 32.2. The molecule has 8 nitrogen and oxygen atoms in total. The Balaban J connectivity index is 1.81. The highest BCUT2D eigenvalue weighted by Crippen LogP contribution is 2.33. The van der Waals surface area contributed by atoms with Crippen molar-refractivity contribution in [2.45, 2.75) is 44.9 Å². The van der Waals surface area contributed by atoms with Gasteiger partial charge in [-0.15, -0.1) is 0 Å². The second kappa shape index (κ2) is 12.4. The average molecular weight is 554 g/mol. The standard InChI is InChI=1S/C25H33F2N5O3S2/c1-4-15(2)12-32(13-16(3)11-30-24(34)36)18-9-19(26)22(20(27)10-18)17-5-7-31(8-6-17)23(33)21-14-37-25(28,29)35-21/h5,9-10,12-13,21H,4,6-8,11,14,28-29H2,1-3H3,(H2,30,34,36)/b15-12?,16-13+. The molecule has 1 saturated heterocycles. The number of anilines is 1. The Labute approximate surface area is 225 Å². The minimum atomic E-state index is -1.39. The second-order valence-corrected chi connectivity index (χ2v) is 10.7. The van der Waals surface area contributed by atoms with Gasteiger partial charge in [0.2, 0.25) is 5.18 Å². The SMILES string of the molecule is CCC(C)=CN(/C=C(\C)CNC(=O)S)c1cc(F)c(C2=CCN(C(=O)C3CSC(N)(N)O3)CC2)c(F)c1. The fraction of sp³-hybridized carbons (Fsp3) is 0.440. The van der Waals surface area contributed by atoms with Crippen molar-refractivity contribution in [3.05, 3.63) is 59.0 Å². The molecule has 0 saturated carbocycles. The van der Waals surface area contributed by atoms with Gasteiger partial charge in [0.05, 0.1) is 5.69 Å². The third kappa shape index (κ3) is 7.81. The molecule has 5 N–H and O–H groups in total. The molecular weight excluding hydrogens is 520 g/mol. The zero-order chi connectivity index (χ0) is 27.3. The van der Waals surface area contributed by atoms with Crippen molar-refractivity contribution in [1.29, 1.82) is 0 Å². The number of thioether (sulfide) groups is 1. The van der Waals surface area contributed by atoms with Crippen LogP contribution in [0.25, 0.3) is 5.57 Å². The molecule has 12 heteroatoms. The Kier molecular flexibility index (Phi) is 9.81. The molecule has 1 unspecified atom stereocenters. The molecule has 0 aromatic heterocycles. The first-order valence-corrected chi connectivity index (χ1v) is 13.3. The summed E-state index contributed by atoms with van der Waals surface area (Å²) in [5.41, 5.74) is 13.9. The van der Waals surface area contributed by atoms with Crippen LogP contribution in [0.4, 0.5) is 19.3 Å². The minimum Gasteiger partial charge on any atom is -0.343 e. The third-order valence-corrected chi connectivity index (χ3v) is 7.20. The summed E-state index contributed by atoms with van der Waals surface area (Å²) < 4.78 is 36.0. The first-order valence-electron chi connectivity index (χ1n) is 11.9. The maximum Gasteiger partial charge on any atom is 0.276 e. The number of benzene rings is 1. The summed E-state index contributed by atoms with van der Waals surface area (Å²) in [4.78, 5) is 27.0. The van der Waals surface area contributed by atoms with E-state index in [9.17, 15) is 9.59 Å². The predicted octanol–water partition coefficient (Wildman–Crippen LogP) is 3.90. The normalized spacial score (nSPS) is 20.1. The molecule has 1 aromatic carbocycles. The van der Waals surface area contributed by atoms with Crippen molar-refractivity contribution in [1.82, 2.24) is 10.2 Å². The summed E-state index contributed by atoms with van der Waals surface area (Å²) in [7, 11) is 0. The molecule has 202 valence electrons. The molecule has 0 spiro atoms. The zero-order valence-corrected chi connectivity index (χ0v) is 22.8. The molecule has 1 fully saturated rings. The molecule has 2 aliphatic heterocycles. The van der Waals surface area contributed by atoms with Gasteiger partial charge < -0.3 is 19.9 Å². The number of nitrogens with one attached hydrogen (secondary N) is 1. The van der Waals surface area contributed by atoms with Crippen LogP contribution < -0.4 is 21.7 Å². The molecule has 1 atom stereocenters. The molecule has 37 heavy (non-hydrogen) atoms. The highest BCUT2D eigenvalue weighted by Gasteiger charge is 2.40. The third-order valence-electron chi connectivity index (χ3n) is 6.02. The maximum atomic E-state index is 15.3. The van der Waals surface area contributed by atoms with E-state index in [0.717, 1.165) is 29.3 Å². The number of allylic oxidation sites excluding steroid dienone is 1. The summed E-state index contributed by atoms with van der Waals surface area (Å²) in [6.45, 7) is 6.43. The molecular formula is C25H33F2N5O3S2. The summed E-state index contributed by atoms with van der Waals surface area (Å²) >= 11 is 4.85. The van der Waals surface area contributed by atoms with E-state index in [0.29, 0.717) is 23.6 Å². The Morgan fingerprint density at radius 1 is 1.27 bits per heavy atom. The minimum absolute atomic E-state index is 0.106. The van der Waals surface area contributed by atoms with Gasteiger partial charge in [0, 0.05) is 43.4 Å². The van der Waals surface area contributed by atoms with Crippen LogP contribution in [0.3, 0.4) is 0 Å². The average Bonchev–Trinajstić information content (AvgIpc) is 3.21. The van der Waals surface area contributed by atoms with Gasteiger partial charge in [-0.1, -0.05) is 43.0 Å². The molecule has 2 amide bonds. The summed E-state index contributed by atoms with van der Waals surface area (Å²) in [5, 5.41) is 0.722. The van der Waals surface area contributed by atoms with Crippen LogP contribution in [0.5, 0.6) is 0 Å². The lowest BCUT2D eigenvalue weighted by Gasteiger charge is -2.29. The van der Waals surface area contributed by atoms with Crippen LogP contribution >= 0.6 is 24.4 Å². The van der Waals surface area contributed by atoms with E-state index < -0.39 is 28.2 Å². The molecule has 0 bridgehead atoms. The Morgan fingerprint density at radius 2 is 1.92 bits per heavy atom. The van der Waals surface area contributed by atoms with Gasteiger partial charge in [-0.2, -0.15) is 0 Å². The van der Waals surface area contributed by atoms with E-state index in [1.165, 1.54) is 12.1 Å². The topological polar surface area (TPSA) is 114 Å². The molecule has 1 aromatic rings. The number of rotatable bonds is 8. The molecule has 2 aliphatic rings. The van der Waals surface area contributed by atoms with Crippen molar-refractivity contribution in [2.24, 2.45) is 11.5 Å². The van der Waals surface area contributed by atoms with Crippen LogP contribution in [0.2, 0.25) is 0 Å². The predicted molar refractivity (Wildman–Crippen MR) is 147 cm³/mol. The summed E-state index contributed by atoms with van der Waals surface area (Å²) in [6, 6.07) is 2.56. The quantitative estimate of drug-likeness (QED) is 0.285. The monoisotopic (exact) mass is 553 g/mol. The van der Waals surface area contributed by atoms with Gasteiger partial charge in [-0.25, -0.2) is 8.78 Å². The Hall–Kier alpha value is -2.38. The molecule has 3 rings (SSSR count). The van der Waals surface area contributed by atoms with Crippen molar-refractivity contribution >= 4 is 46.8 Å². The van der Waals surface area contributed by atoms with Crippen LogP contribution in [-0.2, 0) is 9.53 Å². The fourth-order valence-electron chi connectivity index (χ4n) is 3.95. The number of hydrogen-bond acceptors (Lipinski definition) is 7. The Bertz CT molecular complexity index is 1120.